The number of carbonyl (C=O) groups is 6. The molecule has 0 radical (unpaired) electrons. The molecule has 2 aromatic carbocycles. The van der Waals surface area contributed by atoms with Gasteiger partial charge in [0.25, 0.3) is 0 Å². The standard InChI is InChI=1S/C32H42Cl2N6O6S2/c1-47-48-20-27(39-28(42)14-9-21-5-10-23(33)11-6-21)32(46)40-26(18-22-7-12-24(34)13-8-22)31(45)37-19-29(43)38-25(4-2-3-15-35)30(44)36-16-17-41/h5-8,10-13,17,25-27H,2-4,9,14-16,18-20,35H2,1H3,(H,36,44)(H,37,45)(H,38,43)(H,39,42)(H,40,46)/t25?,26-,27?/m0/s1. The maximum atomic E-state index is 13.5. The Bertz CT molecular complexity index is 1350. The molecule has 12 nitrogen and oxygen atoms in total. The van der Waals surface area contributed by atoms with Crippen LogP contribution in [0.3, 0.4) is 0 Å². The van der Waals surface area contributed by atoms with Crippen molar-refractivity contribution in [1.82, 2.24) is 26.6 Å². The van der Waals surface area contributed by atoms with Crippen LogP contribution in [0.4, 0.5) is 0 Å². The van der Waals surface area contributed by atoms with Gasteiger partial charge >= 0.3 is 0 Å². The molecule has 0 bridgehead atoms. The number of carbonyl (C=O) groups excluding carboxylic acids is 6. The van der Waals surface area contributed by atoms with E-state index in [9.17, 15) is 28.8 Å². The van der Waals surface area contributed by atoms with E-state index in [-0.39, 0.29) is 37.5 Å². The fraction of sp³-hybridized carbons (Fsp3) is 0.438. The third-order valence-electron chi connectivity index (χ3n) is 6.93. The van der Waals surface area contributed by atoms with Crippen LogP contribution in [0.2, 0.25) is 10.0 Å². The summed E-state index contributed by atoms with van der Waals surface area (Å²) in [6, 6.07) is 10.9. The molecule has 0 heterocycles. The molecule has 0 spiro atoms. The molecular weight excluding hydrogens is 699 g/mol. The smallest absolute Gasteiger partial charge is 0.244 e. The number of aryl methyl sites for hydroxylation is 1. The molecule has 3 atom stereocenters. The van der Waals surface area contributed by atoms with Gasteiger partial charge in [-0.1, -0.05) is 69.1 Å². The third-order valence-corrected chi connectivity index (χ3v) is 9.25. The van der Waals surface area contributed by atoms with Gasteiger partial charge in [0.1, 0.15) is 24.4 Å². The second-order valence-electron chi connectivity index (χ2n) is 10.6. The topological polar surface area (TPSA) is 189 Å². The largest absolute Gasteiger partial charge is 0.348 e. The van der Waals surface area contributed by atoms with Crippen LogP contribution < -0.4 is 32.3 Å². The minimum Gasteiger partial charge on any atom is -0.348 e. The van der Waals surface area contributed by atoms with Crippen LogP contribution in [-0.2, 0) is 41.6 Å². The summed E-state index contributed by atoms with van der Waals surface area (Å²) in [4.78, 5) is 75.7. The molecule has 2 rings (SSSR count). The number of aldehydes is 1. The number of unbranched alkanes of at least 4 members (excludes halogenated alkanes) is 1. The van der Waals surface area contributed by atoms with Crippen molar-refractivity contribution in [3.8, 4) is 0 Å². The summed E-state index contributed by atoms with van der Waals surface area (Å²) in [6.45, 7) is -0.269. The zero-order chi connectivity index (χ0) is 35.3. The molecule has 0 aliphatic rings. The number of amides is 5. The van der Waals surface area contributed by atoms with Crippen LogP contribution in [0, 0.1) is 0 Å². The molecule has 0 aromatic heterocycles. The maximum absolute atomic E-state index is 13.5. The van der Waals surface area contributed by atoms with Crippen LogP contribution in [-0.4, -0.2) is 85.6 Å². The summed E-state index contributed by atoms with van der Waals surface area (Å²) in [6.07, 6.45) is 4.52. The summed E-state index contributed by atoms with van der Waals surface area (Å²) in [5, 5.41) is 14.1. The highest BCUT2D eigenvalue weighted by Crippen LogP contribution is 2.18. The predicted octanol–water partition coefficient (Wildman–Crippen LogP) is 2.19. The van der Waals surface area contributed by atoms with Crippen LogP contribution in [0.15, 0.2) is 48.5 Å². The van der Waals surface area contributed by atoms with Gasteiger partial charge in [-0.05, 0) is 73.9 Å². The first-order valence-corrected chi connectivity index (χ1v) is 18.8. The molecule has 0 saturated heterocycles. The van der Waals surface area contributed by atoms with Gasteiger partial charge in [-0.25, -0.2) is 0 Å². The molecule has 7 N–H and O–H groups in total. The molecule has 0 saturated carbocycles. The first-order valence-electron chi connectivity index (χ1n) is 15.3. The van der Waals surface area contributed by atoms with Crippen LogP contribution in [0.5, 0.6) is 0 Å². The van der Waals surface area contributed by atoms with Crippen molar-refractivity contribution >= 4 is 80.6 Å². The van der Waals surface area contributed by atoms with E-state index < -0.39 is 48.3 Å². The van der Waals surface area contributed by atoms with Crippen molar-refractivity contribution in [1.29, 1.82) is 0 Å². The Hall–Kier alpha value is -3.30. The number of nitrogens with two attached hydrogens (primary N) is 1. The summed E-state index contributed by atoms with van der Waals surface area (Å²) in [5.41, 5.74) is 7.15. The number of rotatable bonds is 22. The van der Waals surface area contributed by atoms with E-state index in [2.05, 4.69) is 26.6 Å². The molecular formula is C32H42Cl2N6O6S2. The molecule has 48 heavy (non-hydrogen) atoms. The summed E-state index contributed by atoms with van der Waals surface area (Å²) in [5.74, 6) is -2.47. The number of halogens is 2. The highest BCUT2D eigenvalue weighted by Gasteiger charge is 2.28. The Labute approximate surface area is 298 Å². The van der Waals surface area contributed by atoms with Gasteiger partial charge in [0, 0.05) is 28.6 Å². The van der Waals surface area contributed by atoms with Crippen molar-refractivity contribution in [2.24, 2.45) is 5.73 Å². The van der Waals surface area contributed by atoms with Crippen molar-refractivity contribution in [3.05, 3.63) is 69.7 Å². The van der Waals surface area contributed by atoms with E-state index in [1.165, 1.54) is 21.6 Å². The van der Waals surface area contributed by atoms with E-state index in [0.29, 0.717) is 47.7 Å². The SMILES string of the molecule is CSSCC(NC(=O)CCc1ccc(Cl)cc1)C(=O)N[C@@H](Cc1ccc(Cl)cc1)C(=O)NCC(=O)NC(CCCCN)C(=O)NCC=O. The number of nitrogens with one attached hydrogen (secondary N) is 5. The molecule has 262 valence electrons. The molecule has 5 amide bonds. The monoisotopic (exact) mass is 740 g/mol. The zero-order valence-electron chi connectivity index (χ0n) is 26.6. The lowest BCUT2D eigenvalue weighted by molar-refractivity contribution is -0.132. The Kier molecular flexibility index (Phi) is 19.7. The first-order chi connectivity index (χ1) is 23.1. The summed E-state index contributed by atoms with van der Waals surface area (Å²) >= 11 is 12.0. The predicted molar refractivity (Wildman–Crippen MR) is 192 cm³/mol. The Morgan fingerprint density at radius 2 is 1.38 bits per heavy atom. The Balaban J connectivity index is 2.11. The Morgan fingerprint density at radius 1 is 0.771 bits per heavy atom. The highest BCUT2D eigenvalue weighted by atomic mass is 35.5. The minimum absolute atomic E-state index is 0.0685. The molecule has 0 fully saturated rings. The van der Waals surface area contributed by atoms with Crippen LogP contribution in [0.1, 0.15) is 36.8 Å². The molecule has 16 heteroatoms. The lowest BCUT2D eigenvalue weighted by Gasteiger charge is -2.23. The third kappa shape index (κ3) is 16.2. The maximum Gasteiger partial charge on any atom is 0.244 e. The van der Waals surface area contributed by atoms with Crippen molar-refractivity contribution < 1.29 is 28.8 Å². The second kappa shape index (κ2) is 23.1. The van der Waals surface area contributed by atoms with Crippen molar-refractivity contribution in [3.63, 3.8) is 0 Å². The van der Waals surface area contributed by atoms with Gasteiger partial charge in [-0.2, -0.15) is 0 Å². The summed E-state index contributed by atoms with van der Waals surface area (Å²) in [7, 11) is 2.81. The molecule has 0 aliphatic heterocycles. The molecule has 2 aromatic rings. The van der Waals surface area contributed by atoms with Gasteiger partial charge in [0.2, 0.25) is 29.5 Å². The lowest BCUT2D eigenvalue weighted by atomic mass is 10.0. The van der Waals surface area contributed by atoms with Gasteiger partial charge < -0.3 is 37.1 Å². The van der Waals surface area contributed by atoms with Gasteiger partial charge in [0.15, 0.2) is 0 Å². The van der Waals surface area contributed by atoms with Gasteiger partial charge in [-0.15, -0.1) is 0 Å². The zero-order valence-corrected chi connectivity index (χ0v) is 29.7. The lowest BCUT2D eigenvalue weighted by Crippen LogP contribution is -2.56. The van der Waals surface area contributed by atoms with E-state index in [1.54, 1.807) is 36.4 Å². The quantitative estimate of drug-likeness (QED) is 0.0598. The number of hydrogen-bond donors (Lipinski definition) is 6. The summed E-state index contributed by atoms with van der Waals surface area (Å²) < 4.78 is 0. The van der Waals surface area contributed by atoms with E-state index in [4.69, 9.17) is 28.9 Å². The van der Waals surface area contributed by atoms with Crippen molar-refractivity contribution in [2.45, 2.75) is 56.7 Å². The van der Waals surface area contributed by atoms with E-state index in [0.717, 1.165) is 5.56 Å². The van der Waals surface area contributed by atoms with Crippen LogP contribution in [0.25, 0.3) is 0 Å². The molecule has 0 aliphatic carbocycles. The highest BCUT2D eigenvalue weighted by molar-refractivity contribution is 8.76. The van der Waals surface area contributed by atoms with E-state index >= 15 is 0 Å². The average Bonchev–Trinajstić information content (AvgIpc) is 3.07. The van der Waals surface area contributed by atoms with Crippen molar-refractivity contribution in [2.75, 3.05) is 31.6 Å². The first kappa shape index (κ1) is 40.9. The fourth-order valence-corrected chi connectivity index (χ4v) is 5.97. The fourth-order valence-electron chi connectivity index (χ4n) is 4.40. The number of benzene rings is 2. The number of hydrogen-bond acceptors (Lipinski definition) is 9. The minimum atomic E-state index is -1.12. The van der Waals surface area contributed by atoms with E-state index in [1.807, 2.05) is 18.4 Å². The van der Waals surface area contributed by atoms with Gasteiger partial charge in [0.05, 0.1) is 13.1 Å². The van der Waals surface area contributed by atoms with Gasteiger partial charge in [-0.3, -0.25) is 24.0 Å². The molecule has 2 unspecified atom stereocenters. The Morgan fingerprint density at radius 3 is 1.98 bits per heavy atom. The van der Waals surface area contributed by atoms with Crippen LogP contribution >= 0.6 is 44.8 Å². The second-order valence-corrected chi connectivity index (χ2v) is 14.1. The normalized spacial score (nSPS) is 12.6. The average molecular weight is 742 g/mol.